The first-order valence-electron chi connectivity index (χ1n) is 10.4. The number of amides is 3. The van der Waals surface area contributed by atoms with Gasteiger partial charge in [-0.3, -0.25) is 20.1 Å². The quantitative estimate of drug-likeness (QED) is 0.474. The molecule has 1 N–H and O–H groups in total. The number of anilines is 1. The zero-order chi connectivity index (χ0) is 24.9. The molecule has 2 aromatic rings. The van der Waals surface area contributed by atoms with Crippen LogP contribution in [0.2, 0.25) is 0 Å². The van der Waals surface area contributed by atoms with Gasteiger partial charge >= 0.3 is 6.03 Å². The summed E-state index contributed by atoms with van der Waals surface area (Å²) in [7, 11) is -0.447. The van der Waals surface area contributed by atoms with Crippen molar-refractivity contribution in [1.29, 1.82) is 0 Å². The van der Waals surface area contributed by atoms with Crippen LogP contribution in [0.15, 0.2) is 46.0 Å². The molecule has 186 valence electrons. The number of hydrogen-bond donors (Lipinski definition) is 1. The first-order valence-corrected chi connectivity index (χ1v) is 11.9. The van der Waals surface area contributed by atoms with E-state index >= 15 is 0 Å². The van der Waals surface area contributed by atoms with Crippen LogP contribution in [0, 0.1) is 11.6 Å². The van der Waals surface area contributed by atoms with E-state index in [9.17, 15) is 27.2 Å². The van der Waals surface area contributed by atoms with Gasteiger partial charge < -0.3 is 9.64 Å². The minimum Gasteiger partial charge on any atom is -0.444 e. The first kappa shape index (κ1) is 24.6. The van der Waals surface area contributed by atoms with Crippen molar-refractivity contribution in [2.75, 3.05) is 29.5 Å². The molecule has 1 aromatic carbocycles. The summed E-state index contributed by atoms with van der Waals surface area (Å²) in [5.41, 5.74) is 3.06. The summed E-state index contributed by atoms with van der Waals surface area (Å²) in [6.07, 6.45) is -2.45. The Balaban J connectivity index is 1.53. The van der Waals surface area contributed by atoms with E-state index in [2.05, 4.69) is 19.9 Å². The Labute approximate surface area is 199 Å². The number of ether oxygens (including phenoxy) is 1. The molecule has 2 aliphatic rings. The predicted molar refractivity (Wildman–Crippen MR) is 120 cm³/mol. The van der Waals surface area contributed by atoms with E-state index in [1.54, 1.807) is 11.0 Å². The number of benzene rings is 1. The lowest BCUT2D eigenvalue weighted by Gasteiger charge is -2.33. The molecule has 1 saturated heterocycles. The van der Waals surface area contributed by atoms with Crippen LogP contribution in [0.25, 0.3) is 0 Å². The Kier molecular flexibility index (Phi) is 7.58. The minimum absolute atomic E-state index is 0.0488. The number of hydrazone groups is 1. The smallest absolute Gasteiger partial charge is 0.324 e. The fourth-order valence-electron chi connectivity index (χ4n) is 3.44. The maximum atomic E-state index is 14.0. The lowest BCUT2D eigenvalue weighted by atomic mass is 10.2. The molecule has 0 radical (unpaired) electrons. The van der Waals surface area contributed by atoms with Gasteiger partial charge in [0.05, 0.1) is 17.8 Å². The molecule has 1 atom stereocenters. The highest BCUT2D eigenvalue weighted by atomic mass is 32.2. The van der Waals surface area contributed by atoms with Crippen molar-refractivity contribution in [2.45, 2.75) is 19.2 Å². The summed E-state index contributed by atoms with van der Waals surface area (Å²) in [5, 5.41) is 3.72. The predicted octanol–water partition coefficient (Wildman–Crippen LogP) is 2.63. The number of nitrogens with zero attached hydrogens (tertiary/aromatic N) is 5. The molecule has 1 fully saturated rings. The lowest BCUT2D eigenvalue weighted by Crippen LogP contribution is -2.48. The Morgan fingerprint density at radius 1 is 1.26 bits per heavy atom. The van der Waals surface area contributed by atoms with Gasteiger partial charge in [0.2, 0.25) is 18.5 Å². The van der Waals surface area contributed by atoms with Crippen LogP contribution >= 0.6 is 0 Å². The standard InChI is InChI=1S/C21H20F4N6O3S/c22-16-4-3-15(9-17(16)23)31(21(33)30-5-7-35(8-6-30)27-12-32)11-14-2-1-13(10-26-14)19-28-29-20(34-19)18(24)25/h1-4,9-10,12,18,20,29H,5-8,11H2. The molecular weight excluding hydrogens is 492 g/mol. The van der Waals surface area contributed by atoms with Gasteiger partial charge in [0.1, 0.15) is 0 Å². The molecule has 4 rings (SSSR count). The zero-order valence-corrected chi connectivity index (χ0v) is 18.9. The fourth-order valence-corrected chi connectivity index (χ4v) is 4.84. The van der Waals surface area contributed by atoms with Crippen molar-refractivity contribution in [1.82, 2.24) is 15.3 Å². The van der Waals surface area contributed by atoms with Crippen LogP contribution in [0.3, 0.4) is 0 Å². The molecule has 1 aromatic heterocycles. The number of alkyl halides is 2. The number of carbonyl (C=O) groups excluding carboxylic acids is 2. The molecule has 0 bridgehead atoms. The zero-order valence-electron chi connectivity index (χ0n) is 18.1. The fraction of sp³-hybridized carbons (Fsp3) is 0.333. The van der Waals surface area contributed by atoms with E-state index in [4.69, 9.17) is 4.74 Å². The Morgan fingerprint density at radius 2 is 2.03 bits per heavy atom. The van der Waals surface area contributed by atoms with Gasteiger partial charge in [-0.25, -0.2) is 22.4 Å². The molecule has 9 nitrogen and oxygen atoms in total. The highest BCUT2D eigenvalue weighted by Crippen LogP contribution is 2.23. The number of halogens is 4. The average Bonchev–Trinajstić information content (AvgIpc) is 3.36. The molecule has 2 aliphatic heterocycles. The molecular formula is C21H20F4N6O3S. The molecule has 14 heteroatoms. The average molecular weight is 512 g/mol. The summed E-state index contributed by atoms with van der Waals surface area (Å²) in [6.45, 7) is 0.624. The maximum absolute atomic E-state index is 14.0. The first-order chi connectivity index (χ1) is 16.9. The van der Waals surface area contributed by atoms with Crippen molar-refractivity contribution in [3.8, 4) is 0 Å². The normalized spacial score (nSPS) is 18.0. The minimum atomic E-state index is -2.77. The molecule has 0 saturated carbocycles. The highest BCUT2D eigenvalue weighted by molar-refractivity contribution is 7.87. The third-order valence-electron chi connectivity index (χ3n) is 5.25. The van der Waals surface area contributed by atoms with Gasteiger partial charge in [0.15, 0.2) is 11.6 Å². The molecule has 1 unspecified atom stereocenters. The topological polar surface area (TPSA) is 99.5 Å². The summed E-state index contributed by atoms with van der Waals surface area (Å²) in [5.74, 6) is -1.15. The van der Waals surface area contributed by atoms with Crippen molar-refractivity contribution in [3.05, 3.63) is 59.4 Å². The molecule has 3 heterocycles. The highest BCUT2D eigenvalue weighted by Gasteiger charge is 2.29. The van der Waals surface area contributed by atoms with E-state index in [1.165, 1.54) is 23.2 Å². The van der Waals surface area contributed by atoms with Gasteiger partial charge in [-0.2, -0.15) is 4.36 Å². The Hall–Kier alpha value is -3.55. The molecule has 0 aliphatic carbocycles. The second-order valence-electron chi connectivity index (χ2n) is 7.49. The summed E-state index contributed by atoms with van der Waals surface area (Å²) >= 11 is 0. The van der Waals surface area contributed by atoms with Crippen molar-refractivity contribution < 1.29 is 31.9 Å². The molecule has 35 heavy (non-hydrogen) atoms. The number of urea groups is 1. The SMILES string of the molecule is O=CN=S1CCN(C(=O)N(Cc2ccc(C3=NNC(C(F)F)O3)cn2)c2ccc(F)c(F)c2)CC1. The van der Waals surface area contributed by atoms with Crippen molar-refractivity contribution in [3.63, 3.8) is 0 Å². The van der Waals surface area contributed by atoms with Crippen molar-refractivity contribution >= 4 is 34.7 Å². The van der Waals surface area contributed by atoms with Gasteiger partial charge in [-0.15, -0.1) is 5.10 Å². The van der Waals surface area contributed by atoms with E-state index in [0.29, 0.717) is 42.3 Å². The second kappa shape index (κ2) is 10.8. The van der Waals surface area contributed by atoms with E-state index in [1.807, 2.05) is 0 Å². The third-order valence-corrected chi connectivity index (χ3v) is 6.95. The van der Waals surface area contributed by atoms with Crippen LogP contribution in [-0.4, -0.2) is 65.5 Å². The number of pyridine rings is 1. The summed E-state index contributed by atoms with van der Waals surface area (Å²) in [4.78, 5) is 31.0. The van der Waals surface area contributed by atoms with Gasteiger partial charge in [0.25, 0.3) is 6.43 Å². The third kappa shape index (κ3) is 5.75. The van der Waals surface area contributed by atoms with E-state index < -0.39 is 41.0 Å². The number of rotatable bonds is 6. The van der Waals surface area contributed by atoms with E-state index in [-0.39, 0.29) is 18.1 Å². The number of nitrogens with one attached hydrogen (secondary N) is 1. The molecule has 3 amide bonds. The maximum Gasteiger partial charge on any atom is 0.324 e. The number of hydrogen-bond acceptors (Lipinski definition) is 6. The summed E-state index contributed by atoms with van der Waals surface area (Å²) < 4.78 is 61.9. The summed E-state index contributed by atoms with van der Waals surface area (Å²) in [6, 6.07) is 5.79. The largest absolute Gasteiger partial charge is 0.444 e. The van der Waals surface area contributed by atoms with Gasteiger partial charge in [-0.05, 0) is 24.3 Å². The van der Waals surface area contributed by atoms with E-state index in [0.717, 1.165) is 12.1 Å². The Bertz CT molecular complexity index is 1150. The Morgan fingerprint density at radius 3 is 2.63 bits per heavy atom. The van der Waals surface area contributed by atoms with Crippen LogP contribution in [0.4, 0.5) is 28.0 Å². The van der Waals surface area contributed by atoms with Crippen LogP contribution in [-0.2, 0) is 26.8 Å². The van der Waals surface area contributed by atoms with Crippen molar-refractivity contribution in [2.24, 2.45) is 9.46 Å². The van der Waals surface area contributed by atoms with Crippen LogP contribution in [0.1, 0.15) is 11.3 Å². The lowest BCUT2D eigenvalue weighted by molar-refractivity contribution is -0.106. The van der Waals surface area contributed by atoms with Gasteiger partial charge in [-0.1, -0.05) is 10.7 Å². The number of aromatic nitrogens is 1. The van der Waals surface area contributed by atoms with Crippen LogP contribution in [0.5, 0.6) is 0 Å². The monoisotopic (exact) mass is 512 g/mol. The molecule has 0 spiro atoms. The number of carbonyl (C=O) groups is 2. The van der Waals surface area contributed by atoms with Crippen LogP contribution < -0.4 is 10.3 Å². The second-order valence-corrected chi connectivity index (χ2v) is 9.44. The van der Waals surface area contributed by atoms with Gasteiger partial charge in [0, 0.05) is 42.5 Å².